The zero-order chi connectivity index (χ0) is 23.7. The lowest BCUT2D eigenvalue weighted by Crippen LogP contribution is -2.21. The van der Waals surface area contributed by atoms with Gasteiger partial charge in [0.05, 0.1) is 23.1 Å². The molecule has 0 atom stereocenters. The monoisotopic (exact) mass is 466 g/mol. The Morgan fingerprint density at radius 2 is 1.79 bits per heavy atom. The number of carbonyl (C=O) groups is 1. The SMILES string of the molecule is O=C(Nc1cnc2ccc(-c3ccccc3C(F)(F)F)nn12)c1cccc(CN2CCCC2)n1. The minimum atomic E-state index is -4.52. The molecule has 4 heterocycles. The van der Waals surface area contributed by atoms with E-state index in [2.05, 4.69) is 25.3 Å². The minimum Gasteiger partial charge on any atom is -0.304 e. The van der Waals surface area contributed by atoms with Crippen molar-refractivity contribution in [1.82, 2.24) is 24.5 Å². The van der Waals surface area contributed by atoms with Crippen LogP contribution in [0.5, 0.6) is 0 Å². The summed E-state index contributed by atoms with van der Waals surface area (Å²) in [5, 5.41) is 7.05. The molecule has 0 bridgehead atoms. The minimum absolute atomic E-state index is 0.0563. The number of amides is 1. The van der Waals surface area contributed by atoms with E-state index in [1.54, 1.807) is 18.2 Å². The maximum absolute atomic E-state index is 13.5. The molecule has 1 N–H and O–H groups in total. The second-order valence-electron chi connectivity index (χ2n) is 8.13. The molecule has 1 fully saturated rings. The van der Waals surface area contributed by atoms with Crippen LogP contribution in [-0.2, 0) is 12.7 Å². The molecule has 3 aromatic heterocycles. The molecule has 1 saturated heterocycles. The van der Waals surface area contributed by atoms with Gasteiger partial charge in [0.1, 0.15) is 5.69 Å². The van der Waals surface area contributed by atoms with Crippen LogP contribution < -0.4 is 5.32 Å². The number of imidazole rings is 1. The highest BCUT2D eigenvalue weighted by Gasteiger charge is 2.33. The van der Waals surface area contributed by atoms with Gasteiger partial charge in [-0.2, -0.15) is 22.8 Å². The Morgan fingerprint density at radius 3 is 2.59 bits per heavy atom. The molecule has 0 unspecified atom stereocenters. The van der Waals surface area contributed by atoms with E-state index in [-0.39, 0.29) is 22.8 Å². The van der Waals surface area contributed by atoms with E-state index in [0.29, 0.717) is 12.2 Å². The summed E-state index contributed by atoms with van der Waals surface area (Å²) in [6.07, 6.45) is -0.785. The summed E-state index contributed by atoms with van der Waals surface area (Å²) < 4.78 is 41.7. The lowest BCUT2D eigenvalue weighted by Gasteiger charge is -2.14. The molecular formula is C24H21F3N6O. The highest BCUT2D eigenvalue weighted by Crippen LogP contribution is 2.36. The largest absolute Gasteiger partial charge is 0.417 e. The average molecular weight is 466 g/mol. The van der Waals surface area contributed by atoms with E-state index in [1.165, 1.54) is 35.0 Å². The third-order valence-electron chi connectivity index (χ3n) is 5.74. The number of likely N-dealkylation sites (tertiary alicyclic amines) is 1. The fraction of sp³-hybridized carbons (Fsp3) is 0.250. The molecule has 4 aromatic rings. The number of carbonyl (C=O) groups excluding carboxylic acids is 1. The Labute approximate surface area is 193 Å². The van der Waals surface area contributed by atoms with Gasteiger partial charge < -0.3 is 5.32 Å². The lowest BCUT2D eigenvalue weighted by atomic mass is 10.0. The van der Waals surface area contributed by atoms with E-state index in [9.17, 15) is 18.0 Å². The van der Waals surface area contributed by atoms with Gasteiger partial charge in [-0.05, 0) is 56.3 Å². The summed E-state index contributed by atoms with van der Waals surface area (Å²) in [4.78, 5) is 23.8. The standard InChI is InChI=1S/C24H21F3N6O/c25-24(26,27)18-8-2-1-7-17(18)19-10-11-21-28-14-22(33(21)31-19)30-23(34)20-9-5-6-16(29-20)15-32-12-3-4-13-32/h1-2,5-11,14H,3-4,12-13,15H2,(H,30,34). The molecule has 174 valence electrons. The molecule has 1 amide bonds. The summed E-state index contributed by atoms with van der Waals surface area (Å²) in [6, 6.07) is 13.5. The van der Waals surface area contributed by atoms with Gasteiger partial charge in [-0.25, -0.2) is 9.97 Å². The van der Waals surface area contributed by atoms with Crippen molar-refractivity contribution in [2.75, 3.05) is 18.4 Å². The number of rotatable bonds is 5. The third-order valence-corrected chi connectivity index (χ3v) is 5.74. The van der Waals surface area contributed by atoms with Crippen LogP contribution in [0.25, 0.3) is 16.9 Å². The van der Waals surface area contributed by atoms with Crippen molar-refractivity contribution in [2.45, 2.75) is 25.6 Å². The number of nitrogens with zero attached hydrogens (tertiary/aromatic N) is 5. The Bertz CT molecular complexity index is 1340. The van der Waals surface area contributed by atoms with Crippen molar-refractivity contribution in [3.63, 3.8) is 0 Å². The van der Waals surface area contributed by atoms with Gasteiger partial charge in [-0.15, -0.1) is 0 Å². The number of anilines is 1. The normalized spacial score (nSPS) is 14.6. The van der Waals surface area contributed by atoms with E-state index in [0.717, 1.165) is 37.7 Å². The highest BCUT2D eigenvalue weighted by atomic mass is 19.4. The zero-order valence-corrected chi connectivity index (χ0v) is 18.1. The van der Waals surface area contributed by atoms with Gasteiger partial charge >= 0.3 is 6.18 Å². The quantitative estimate of drug-likeness (QED) is 0.463. The predicted molar refractivity (Wildman–Crippen MR) is 120 cm³/mol. The first-order valence-electron chi connectivity index (χ1n) is 10.9. The van der Waals surface area contributed by atoms with Crippen LogP contribution in [0, 0.1) is 0 Å². The van der Waals surface area contributed by atoms with E-state index in [1.807, 2.05) is 6.07 Å². The van der Waals surface area contributed by atoms with Crippen molar-refractivity contribution in [3.8, 4) is 11.3 Å². The lowest BCUT2D eigenvalue weighted by molar-refractivity contribution is -0.137. The first-order valence-corrected chi connectivity index (χ1v) is 10.9. The maximum Gasteiger partial charge on any atom is 0.417 e. The van der Waals surface area contributed by atoms with E-state index < -0.39 is 17.6 Å². The summed E-state index contributed by atoms with van der Waals surface area (Å²) in [7, 11) is 0. The Morgan fingerprint density at radius 1 is 1.00 bits per heavy atom. The maximum atomic E-state index is 13.5. The number of nitrogens with one attached hydrogen (secondary N) is 1. The molecular weight excluding hydrogens is 445 g/mol. The number of alkyl halides is 3. The van der Waals surface area contributed by atoms with Crippen LogP contribution in [0.4, 0.5) is 19.0 Å². The van der Waals surface area contributed by atoms with Gasteiger partial charge in [0.25, 0.3) is 5.91 Å². The molecule has 1 aliphatic rings. The molecule has 10 heteroatoms. The average Bonchev–Trinajstić information content (AvgIpc) is 3.48. The molecule has 1 aliphatic heterocycles. The fourth-order valence-corrected chi connectivity index (χ4v) is 4.10. The summed E-state index contributed by atoms with van der Waals surface area (Å²) in [6.45, 7) is 2.72. The van der Waals surface area contributed by atoms with Crippen LogP contribution in [0.15, 0.2) is 60.8 Å². The number of fused-ring (bicyclic) bond motifs is 1. The third kappa shape index (κ3) is 4.49. The Hall–Kier alpha value is -3.79. The number of aromatic nitrogens is 4. The summed E-state index contributed by atoms with van der Waals surface area (Å²) in [5.74, 6) is -0.217. The van der Waals surface area contributed by atoms with Gasteiger partial charge in [0.2, 0.25) is 0 Å². The highest BCUT2D eigenvalue weighted by molar-refractivity contribution is 6.02. The van der Waals surface area contributed by atoms with Gasteiger partial charge in [-0.3, -0.25) is 9.69 Å². The molecule has 0 spiro atoms. The van der Waals surface area contributed by atoms with Crippen molar-refractivity contribution < 1.29 is 18.0 Å². The van der Waals surface area contributed by atoms with Crippen molar-refractivity contribution >= 4 is 17.4 Å². The Kier molecular flexibility index (Phi) is 5.74. The fourth-order valence-electron chi connectivity index (χ4n) is 4.10. The van der Waals surface area contributed by atoms with Crippen molar-refractivity contribution in [3.05, 3.63) is 77.7 Å². The van der Waals surface area contributed by atoms with Crippen molar-refractivity contribution in [1.29, 1.82) is 0 Å². The molecule has 1 aromatic carbocycles. The van der Waals surface area contributed by atoms with E-state index in [4.69, 9.17) is 0 Å². The van der Waals surface area contributed by atoms with Gasteiger partial charge in [0.15, 0.2) is 11.5 Å². The second kappa shape index (κ2) is 8.86. The van der Waals surface area contributed by atoms with Crippen LogP contribution in [0.2, 0.25) is 0 Å². The summed E-state index contributed by atoms with van der Waals surface area (Å²) in [5.41, 5.74) is 0.701. The van der Waals surface area contributed by atoms with Crippen LogP contribution in [0.3, 0.4) is 0 Å². The molecule has 7 nitrogen and oxygen atoms in total. The van der Waals surface area contributed by atoms with Crippen molar-refractivity contribution in [2.24, 2.45) is 0 Å². The van der Waals surface area contributed by atoms with Crippen LogP contribution >= 0.6 is 0 Å². The van der Waals surface area contributed by atoms with Crippen LogP contribution in [-0.4, -0.2) is 43.5 Å². The zero-order valence-electron chi connectivity index (χ0n) is 18.1. The number of hydrogen-bond acceptors (Lipinski definition) is 5. The van der Waals surface area contributed by atoms with Crippen LogP contribution in [0.1, 0.15) is 34.6 Å². The van der Waals surface area contributed by atoms with E-state index >= 15 is 0 Å². The molecule has 0 saturated carbocycles. The number of pyridine rings is 1. The predicted octanol–water partition coefficient (Wildman–Crippen LogP) is 4.66. The summed E-state index contributed by atoms with van der Waals surface area (Å²) >= 11 is 0. The van der Waals surface area contributed by atoms with Gasteiger partial charge in [0, 0.05) is 12.1 Å². The molecule has 0 radical (unpaired) electrons. The second-order valence-corrected chi connectivity index (χ2v) is 8.13. The number of halogens is 3. The topological polar surface area (TPSA) is 75.4 Å². The molecule has 34 heavy (non-hydrogen) atoms. The number of hydrogen-bond donors (Lipinski definition) is 1. The Balaban J connectivity index is 1.42. The first kappa shape index (κ1) is 22.0. The molecule has 5 rings (SSSR count). The molecule has 0 aliphatic carbocycles. The van der Waals surface area contributed by atoms with Gasteiger partial charge in [-0.1, -0.05) is 24.3 Å². The number of benzene rings is 1. The first-order chi connectivity index (χ1) is 16.4. The smallest absolute Gasteiger partial charge is 0.304 e.